The first-order valence-corrected chi connectivity index (χ1v) is 8.46. The maximum absolute atomic E-state index is 12.5. The number of Topliss-reactive ketones (excluding diaryl/α,β-unsaturated/α-hetero) is 1. The van der Waals surface area contributed by atoms with Gasteiger partial charge >= 0.3 is 5.97 Å². The number of carbonyl (C=O) groups excluding carboxylic acids is 2. The summed E-state index contributed by atoms with van der Waals surface area (Å²) < 4.78 is 16.2. The van der Waals surface area contributed by atoms with Gasteiger partial charge in [0, 0.05) is 6.07 Å². The van der Waals surface area contributed by atoms with E-state index in [-0.39, 0.29) is 11.5 Å². The molecule has 1 aliphatic rings. The lowest BCUT2D eigenvalue weighted by atomic mass is 10.1. The van der Waals surface area contributed by atoms with Crippen LogP contribution in [0.3, 0.4) is 0 Å². The van der Waals surface area contributed by atoms with E-state index in [0.717, 1.165) is 11.1 Å². The fourth-order valence-corrected chi connectivity index (χ4v) is 2.64. The van der Waals surface area contributed by atoms with E-state index < -0.39 is 12.1 Å². The van der Waals surface area contributed by atoms with Gasteiger partial charge in [0.05, 0.1) is 12.2 Å². The Morgan fingerprint density at radius 1 is 1.23 bits per heavy atom. The van der Waals surface area contributed by atoms with Crippen molar-refractivity contribution in [2.24, 2.45) is 0 Å². The molecule has 0 N–H and O–H groups in total. The number of ether oxygens (including phenoxy) is 3. The summed E-state index contributed by atoms with van der Waals surface area (Å²) in [5.41, 5.74) is 2.46. The zero-order chi connectivity index (χ0) is 18.7. The predicted molar refractivity (Wildman–Crippen MR) is 97.3 cm³/mol. The summed E-state index contributed by atoms with van der Waals surface area (Å²) in [5, 5.41) is 0. The molecule has 0 saturated heterocycles. The van der Waals surface area contributed by atoms with Crippen molar-refractivity contribution in [3.8, 4) is 11.5 Å². The van der Waals surface area contributed by atoms with Crippen molar-refractivity contribution >= 4 is 17.8 Å². The Balaban J connectivity index is 1.80. The summed E-state index contributed by atoms with van der Waals surface area (Å²) in [4.78, 5) is 24.2. The minimum Gasteiger partial charge on any atom is -0.479 e. The van der Waals surface area contributed by atoms with E-state index in [2.05, 4.69) is 0 Å². The highest BCUT2D eigenvalue weighted by atomic mass is 16.6. The third-order valence-electron chi connectivity index (χ3n) is 4.05. The van der Waals surface area contributed by atoms with Crippen LogP contribution in [0.4, 0.5) is 0 Å². The molecule has 2 aromatic rings. The number of allylic oxidation sites excluding steroid dienone is 1. The molecule has 0 unspecified atom stereocenters. The van der Waals surface area contributed by atoms with Crippen molar-refractivity contribution in [1.82, 2.24) is 0 Å². The van der Waals surface area contributed by atoms with Crippen LogP contribution in [-0.2, 0) is 9.53 Å². The maximum Gasteiger partial charge on any atom is 0.347 e. The van der Waals surface area contributed by atoms with Crippen molar-refractivity contribution in [2.45, 2.75) is 26.9 Å². The van der Waals surface area contributed by atoms with Gasteiger partial charge in [-0.25, -0.2) is 4.79 Å². The summed E-state index contributed by atoms with van der Waals surface area (Å²) in [5.74, 6) is 0.515. The third-order valence-corrected chi connectivity index (χ3v) is 4.05. The number of carbonyl (C=O) groups is 2. The second kappa shape index (κ2) is 7.44. The average molecular weight is 352 g/mol. The van der Waals surface area contributed by atoms with Crippen LogP contribution < -0.4 is 9.47 Å². The Labute approximate surface area is 152 Å². The van der Waals surface area contributed by atoms with E-state index in [1.54, 1.807) is 38.1 Å². The lowest BCUT2D eigenvalue weighted by Crippen LogP contribution is -2.26. The number of ketones is 1. The largest absolute Gasteiger partial charge is 0.479 e. The molecule has 0 saturated carbocycles. The SMILES string of the molecule is CCOC(=O)[C@@H](C)Oc1ccc2c(c1)O/C(=C/c1ccccc1C)C2=O. The molecule has 0 radical (unpaired) electrons. The minimum absolute atomic E-state index is 0.173. The molecule has 0 aromatic heterocycles. The summed E-state index contributed by atoms with van der Waals surface area (Å²) in [6.45, 7) is 5.62. The maximum atomic E-state index is 12.5. The molecule has 3 rings (SSSR count). The predicted octanol–water partition coefficient (Wildman–Crippen LogP) is 3.94. The van der Waals surface area contributed by atoms with Crippen LogP contribution in [0.5, 0.6) is 11.5 Å². The summed E-state index contributed by atoms with van der Waals surface area (Å²) in [6, 6.07) is 12.7. The molecule has 134 valence electrons. The molecule has 5 heteroatoms. The second-order valence-corrected chi connectivity index (χ2v) is 5.97. The number of fused-ring (bicyclic) bond motifs is 1. The van der Waals surface area contributed by atoms with Crippen molar-refractivity contribution in [3.63, 3.8) is 0 Å². The van der Waals surface area contributed by atoms with Gasteiger partial charge in [-0.05, 0) is 50.1 Å². The fourth-order valence-electron chi connectivity index (χ4n) is 2.64. The van der Waals surface area contributed by atoms with E-state index in [1.165, 1.54) is 0 Å². The molecule has 5 nitrogen and oxygen atoms in total. The van der Waals surface area contributed by atoms with Crippen LogP contribution in [0.25, 0.3) is 6.08 Å². The van der Waals surface area contributed by atoms with Crippen LogP contribution in [0.1, 0.15) is 35.3 Å². The molecule has 1 heterocycles. The Hall–Kier alpha value is -3.08. The van der Waals surface area contributed by atoms with E-state index >= 15 is 0 Å². The highest BCUT2D eigenvalue weighted by molar-refractivity contribution is 6.14. The molecule has 0 fully saturated rings. The van der Waals surface area contributed by atoms with E-state index in [4.69, 9.17) is 14.2 Å². The summed E-state index contributed by atoms with van der Waals surface area (Å²) in [7, 11) is 0. The van der Waals surface area contributed by atoms with Gasteiger partial charge in [0.2, 0.25) is 5.78 Å². The lowest BCUT2D eigenvalue weighted by Gasteiger charge is -2.13. The van der Waals surface area contributed by atoms with Gasteiger partial charge in [0.25, 0.3) is 0 Å². The quantitative estimate of drug-likeness (QED) is 0.602. The van der Waals surface area contributed by atoms with Crippen LogP contribution in [0.15, 0.2) is 48.2 Å². The Morgan fingerprint density at radius 3 is 2.73 bits per heavy atom. The van der Waals surface area contributed by atoms with Gasteiger partial charge in [0.1, 0.15) is 11.5 Å². The highest BCUT2D eigenvalue weighted by Gasteiger charge is 2.28. The van der Waals surface area contributed by atoms with Crippen LogP contribution in [0, 0.1) is 6.92 Å². The minimum atomic E-state index is -0.743. The highest BCUT2D eigenvalue weighted by Crippen LogP contribution is 2.35. The van der Waals surface area contributed by atoms with Crippen LogP contribution in [-0.4, -0.2) is 24.5 Å². The first kappa shape index (κ1) is 17.7. The smallest absolute Gasteiger partial charge is 0.347 e. The zero-order valence-corrected chi connectivity index (χ0v) is 14.9. The van der Waals surface area contributed by atoms with E-state index in [1.807, 2.05) is 31.2 Å². The van der Waals surface area contributed by atoms with Crippen LogP contribution in [0.2, 0.25) is 0 Å². The second-order valence-electron chi connectivity index (χ2n) is 5.97. The first-order valence-electron chi connectivity index (χ1n) is 8.46. The Bertz CT molecular complexity index is 882. The molecular formula is C21H20O5. The first-order chi connectivity index (χ1) is 12.5. The van der Waals surface area contributed by atoms with Crippen molar-refractivity contribution in [1.29, 1.82) is 0 Å². The van der Waals surface area contributed by atoms with Gasteiger partial charge in [-0.15, -0.1) is 0 Å². The zero-order valence-electron chi connectivity index (χ0n) is 14.9. The van der Waals surface area contributed by atoms with Gasteiger partial charge in [-0.3, -0.25) is 4.79 Å². The van der Waals surface area contributed by atoms with Crippen molar-refractivity contribution < 1.29 is 23.8 Å². The van der Waals surface area contributed by atoms with Crippen LogP contribution >= 0.6 is 0 Å². The molecule has 26 heavy (non-hydrogen) atoms. The molecule has 0 amide bonds. The fraction of sp³-hybridized carbons (Fsp3) is 0.238. The molecule has 2 aromatic carbocycles. The summed E-state index contributed by atoms with van der Waals surface area (Å²) in [6.07, 6.45) is 0.992. The Kier molecular flexibility index (Phi) is 5.07. The molecular weight excluding hydrogens is 332 g/mol. The summed E-state index contributed by atoms with van der Waals surface area (Å²) >= 11 is 0. The Morgan fingerprint density at radius 2 is 2.00 bits per heavy atom. The van der Waals surface area contributed by atoms with Gasteiger partial charge in [-0.2, -0.15) is 0 Å². The van der Waals surface area contributed by atoms with Gasteiger partial charge in [-0.1, -0.05) is 24.3 Å². The average Bonchev–Trinajstić information content (AvgIpc) is 2.92. The topological polar surface area (TPSA) is 61.8 Å². The third kappa shape index (κ3) is 3.61. The monoisotopic (exact) mass is 352 g/mol. The normalized spacial score (nSPS) is 15.3. The van der Waals surface area contributed by atoms with Crippen molar-refractivity contribution in [2.75, 3.05) is 6.61 Å². The molecule has 0 bridgehead atoms. The molecule has 1 atom stereocenters. The van der Waals surface area contributed by atoms with Crippen molar-refractivity contribution in [3.05, 3.63) is 64.9 Å². The number of benzene rings is 2. The standard InChI is InChI=1S/C21H20O5/c1-4-24-21(23)14(3)25-16-9-10-17-18(12-16)26-19(20(17)22)11-15-8-6-5-7-13(15)2/h5-12,14H,4H2,1-3H3/b19-11+/t14-/m1/s1. The number of esters is 1. The molecule has 1 aliphatic heterocycles. The number of hydrogen-bond donors (Lipinski definition) is 0. The van der Waals surface area contributed by atoms with Gasteiger partial charge < -0.3 is 14.2 Å². The number of rotatable bonds is 5. The van der Waals surface area contributed by atoms with Gasteiger partial charge in [0.15, 0.2) is 11.9 Å². The number of hydrogen-bond acceptors (Lipinski definition) is 5. The van der Waals surface area contributed by atoms with E-state index in [9.17, 15) is 9.59 Å². The van der Waals surface area contributed by atoms with E-state index in [0.29, 0.717) is 23.7 Å². The number of aryl methyl sites for hydroxylation is 1. The molecule has 0 aliphatic carbocycles. The lowest BCUT2D eigenvalue weighted by molar-refractivity contribution is -0.150. The molecule has 0 spiro atoms.